The standard InChI is InChI=1S/C14H13F2N3O2/c1-8-6-7-9(15)13(12(8)16)18-11-5-3-4-10(17-2)14(11)19(20)21/h3-7,17-18H,1-2H3. The second-order valence-electron chi connectivity index (χ2n) is 4.39. The number of anilines is 3. The van der Waals surface area contributed by atoms with E-state index in [-0.39, 0.29) is 22.6 Å². The van der Waals surface area contributed by atoms with Gasteiger partial charge in [0.15, 0.2) is 5.82 Å². The van der Waals surface area contributed by atoms with Gasteiger partial charge in [-0.3, -0.25) is 10.1 Å². The first-order chi connectivity index (χ1) is 9.95. The van der Waals surface area contributed by atoms with Crippen LogP contribution in [0.15, 0.2) is 30.3 Å². The largest absolute Gasteiger partial charge is 0.382 e. The van der Waals surface area contributed by atoms with Crippen LogP contribution in [0.1, 0.15) is 5.56 Å². The number of hydrogen-bond acceptors (Lipinski definition) is 4. The molecule has 2 N–H and O–H groups in total. The molecule has 0 heterocycles. The number of aryl methyl sites for hydroxylation is 1. The lowest BCUT2D eigenvalue weighted by atomic mass is 10.1. The van der Waals surface area contributed by atoms with Crippen LogP contribution in [0, 0.1) is 28.7 Å². The van der Waals surface area contributed by atoms with Crippen molar-refractivity contribution in [2.75, 3.05) is 17.7 Å². The number of benzene rings is 2. The second kappa shape index (κ2) is 5.74. The predicted molar refractivity (Wildman–Crippen MR) is 77.0 cm³/mol. The summed E-state index contributed by atoms with van der Waals surface area (Å²) in [5, 5.41) is 16.3. The molecule has 0 atom stereocenters. The highest BCUT2D eigenvalue weighted by Crippen LogP contribution is 2.36. The monoisotopic (exact) mass is 293 g/mol. The van der Waals surface area contributed by atoms with Gasteiger partial charge in [-0.05, 0) is 30.7 Å². The molecule has 0 saturated heterocycles. The molecule has 0 bridgehead atoms. The fourth-order valence-corrected chi connectivity index (χ4v) is 1.95. The Morgan fingerprint density at radius 2 is 1.81 bits per heavy atom. The van der Waals surface area contributed by atoms with Gasteiger partial charge in [0, 0.05) is 7.05 Å². The third-order valence-electron chi connectivity index (χ3n) is 3.03. The van der Waals surface area contributed by atoms with Crippen molar-refractivity contribution < 1.29 is 13.7 Å². The Labute approximate surface area is 119 Å². The van der Waals surface area contributed by atoms with Gasteiger partial charge < -0.3 is 10.6 Å². The summed E-state index contributed by atoms with van der Waals surface area (Å²) in [5.41, 5.74) is -0.188. The van der Waals surface area contributed by atoms with Gasteiger partial charge in [0.1, 0.15) is 22.9 Å². The molecule has 2 aromatic rings. The van der Waals surface area contributed by atoms with Gasteiger partial charge >= 0.3 is 5.69 Å². The van der Waals surface area contributed by atoms with E-state index in [0.717, 1.165) is 6.07 Å². The van der Waals surface area contributed by atoms with E-state index in [1.807, 2.05) is 0 Å². The number of rotatable bonds is 4. The Morgan fingerprint density at radius 1 is 1.14 bits per heavy atom. The van der Waals surface area contributed by atoms with E-state index in [0.29, 0.717) is 0 Å². The molecule has 110 valence electrons. The maximum atomic E-state index is 14.0. The average molecular weight is 293 g/mol. The minimum Gasteiger partial charge on any atom is -0.382 e. The third kappa shape index (κ3) is 2.76. The first-order valence-corrected chi connectivity index (χ1v) is 6.12. The second-order valence-corrected chi connectivity index (χ2v) is 4.39. The number of nitro benzene ring substituents is 1. The van der Waals surface area contributed by atoms with Crippen LogP contribution >= 0.6 is 0 Å². The van der Waals surface area contributed by atoms with E-state index < -0.39 is 22.2 Å². The Morgan fingerprint density at radius 3 is 2.43 bits per heavy atom. The minimum atomic E-state index is -0.817. The van der Waals surface area contributed by atoms with Crippen molar-refractivity contribution in [3.63, 3.8) is 0 Å². The maximum Gasteiger partial charge on any atom is 0.315 e. The molecule has 0 amide bonds. The summed E-state index contributed by atoms with van der Waals surface area (Å²) < 4.78 is 27.7. The molecule has 0 aliphatic rings. The summed E-state index contributed by atoms with van der Waals surface area (Å²) in [7, 11) is 1.53. The van der Waals surface area contributed by atoms with Gasteiger partial charge in [0.25, 0.3) is 0 Å². The van der Waals surface area contributed by atoms with Gasteiger partial charge in [-0.25, -0.2) is 8.78 Å². The maximum absolute atomic E-state index is 14.0. The summed E-state index contributed by atoms with van der Waals surface area (Å²) in [6.07, 6.45) is 0. The zero-order valence-electron chi connectivity index (χ0n) is 11.4. The van der Waals surface area contributed by atoms with Gasteiger partial charge in [0.05, 0.1) is 4.92 Å². The zero-order chi connectivity index (χ0) is 15.6. The minimum absolute atomic E-state index is 0.00949. The highest BCUT2D eigenvalue weighted by atomic mass is 19.1. The van der Waals surface area contributed by atoms with Crippen LogP contribution < -0.4 is 10.6 Å². The van der Waals surface area contributed by atoms with Crippen molar-refractivity contribution in [1.82, 2.24) is 0 Å². The predicted octanol–water partition coefficient (Wildman–Crippen LogP) is 3.97. The highest BCUT2D eigenvalue weighted by Gasteiger charge is 2.21. The van der Waals surface area contributed by atoms with Crippen molar-refractivity contribution >= 4 is 22.7 Å². The number of para-hydroxylation sites is 1. The quantitative estimate of drug-likeness (QED) is 0.661. The molecule has 0 radical (unpaired) electrons. The summed E-state index contributed by atoms with van der Waals surface area (Å²) >= 11 is 0. The molecule has 0 fully saturated rings. The molecule has 21 heavy (non-hydrogen) atoms. The number of halogens is 2. The fourth-order valence-electron chi connectivity index (χ4n) is 1.95. The molecule has 0 spiro atoms. The molecule has 0 aromatic heterocycles. The lowest BCUT2D eigenvalue weighted by molar-refractivity contribution is -0.383. The molecule has 0 aliphatic carbocycles. The molecule has 7 heteroatoms. The van der Waals surface area contributed by atoms with Crippen molar-refractivity contribution in [2.45, 2.75) is 6.92 Å². The van der Waals surface area contributed by atoms with Crippen molar-refractivity contribution in [2.24, 2.45) is 0 Å². The molecule has 0 unspecified atom stereocenters. The van der Waals surface area contributed by atoms with E-state index >= 15 is 0 Å². The van der Waals surface area contributed by atoms with Crippen LogP contribution in [0.3, 0.4) is 0 Å². The van der Waals surface area contributed by atoms with Crippen LogP contribution in [0.4, 0.5) is 31.5 Å². The molecule has 0 aliphatic heterocycles. The zero-order valence-corrected chi connectivity index (χ0v) is 11.4. The van der Waals surface area contributed by atoms with Crippen molar-refractivity contribution in [3.8, 4) is 0 Å². The van der Waals surface area contributed by atoms with Crippen LogP contribution in [-0.4, -0.2) is 12.0 Å². The average Bonchev–Trinajstić information content (AvgIpc) is 2.47. The van der Waals surface area contributed by atoms with Crippen LogP contribution in [0.25, 0.3) is 0 Å². The van der Waals surface area contributed by atoms with E-state index in [9.17, 15) is 18.9 Å². The van der Waals surface area contributed by atoms with Crippen LogP contribution in [0.5, 0.6) is 0 Å². The fraction of sp³-hybridized carbons (Fsp3) is 0.143. The Bertz CT molecular complexity index is 705. The molecule has 0 saturated carbocycles. The van der Waals surface area contributed by atoms with Crippen molar-refractivity contribution in [1.29, 1.82) is 0 Å². The number of nitrogens with zero attached hydrogens (tertiary/aromatic N) is 1. The number of nitrogens with one attached hydrogen (secondary N) is 2. The Balaban J connectivity index is 2.55. The first kappa shape index (κ1) is 14.7. The summed E-state index contributed by atoms with van der Waals surface area (Å²) in [6, 6.07) is 6.85. The van der Waals surface area contributed by atoms with Crippen molar-refractivity contribution in [3.05, 3.63) is 57.6 Å². The Kier molecular flexibility index (Phi) is 4.02. The highest BCUT2D eigenvalue weighted by molar-refractivity contribution is 5.79. The SMILES string of the molecule is CNc1cccc(Nc2c(F)ccc(C)c2F)c1[N+](=O)[O-]. The molecule has 5 nitrogen and oxygen atoms in total. The van der Waals surface area contributed by atoms with Gasteiger partial charge in [0.2, 0.25) is 0 Å². The van der Waals surface area contributed by atoms with E-state index in [2.05, 4.69) is 10.6 Å². The topological polar surface area (TPSA) is 67.2 Å². The lowest BCUT2D eigenvalue weighted by Crippen LogP contribution is -2.04. The van der Waals surface area contributed by atoms with E-state index in [1.54, 1.807) is 6.07 Å². The Hall–Kier alpha value is -2.70. The number of hydrogen-bond donors (Lipinski definition) is 2. The van der Waals surface area contributed by atoms with Gasteiger partial charge in [-0.1, -0.05) is 12.1 Å². The lowest BCUT2D eigenvalue weighted by Gasteiger charge is -2.12. The van der Waals surface area contributed by atoms with Crippen LogP contribution in [-0.2, 0) is 0 Å². The third-order valence-corrected chi connectivity index (χ3v) is 3.03. The van der Waals surface area contributed by atoms with E-state index in [4.69, 9.17) is 0 Å². The van der Waals surface area contributed by atoms with E-state index in [1.165, 1.54) is 32.2 Å². The molecular formula is C14H13F2N3O2. The summed E-state index contributed by atoms with van der Waals surface area (Å²) in [5.74, 6) is -1.60. The van der Waals surface area contributed by atoms with Gasteiger partial charge in [-0.15, -0.1) is 0 Å². The molecule has 2 aromatic carbocycles. The molecular weight excluding hydrogens is 280 g/mol. The summed E-state index contributed by atoms with van der Waals surface area (Å²) in [6.45, 7) is 1.48. The van der Waals surface area contributed by atoms with Crippen LogP contribution in [0.2, 0.25) is 0 Å². The smallest absolute Gasteiger partial charge is 0.315 e. The normalized spacial score (nSPS) is 10.3. The van der Waals surface area contributed by atoms with Gasteiger partial charge in [-0.2, -0.15) is 0 Å². The first-order valence-electron chi connectivity index (χ1n) is 6.12. The summed E-state index contributed by atoms with van der Waals surface area (Å²) in [4.78, 5) is 10.6. The number of nitro groups is 1. The molecule has 2 rings (SSSR count).